The maximum Gasteiger partial charge on any atom is 0.290 e. The third-order valence-corrected chi connectivity index (χ3v) is 7.35. The van der Waals surface area contributed by atoms with Gasteiger partial charge < -0.3 is 15.2 Å². The van der Waals surface area contributed by atoms with E-state index in [2.05, 4.69) is 52.4 Å². The van der Waals surface area contributed by atoms with Crippen molar-refractivity contribution in [1.82, 2.24) is 0 Å². The molecule has 1 aliphatic rings. The molecule has 1 heterocycles. The highest BCUT2D eigenvalue weighted by Gasteiger charge is 2.30. The molecule has 0 saturated carbocycles. The average molecular weight is 560 g/mol. The Labute approximate surface area is 218 Å². The van der Waals surface area contributed by atoms with Gasteiger partial charge in [-0.2, -0.15) is 0 Å². The molecule has 1 aliphatic heterocycles. The Morgan fingerprint density at radius 2 is 1.77 bits per heavy atom. The molecule has 0 radical (unpaired) electrons. The maximum absolute atomic E-state index is 13.5. The first-order chi connectivity index (χ1) is 16.8. The smallest absolute Gasteiger partial charge is 0.290 e. The molecule has 5 nitrogen and oxygen atoms in total. The van der Waals surface area contributed by atoms with E-state index in [1.165, 1.54) is 11.6 Å². The molecule has 1 atom stereocenters. The van der Waals surface area contributed by atoms with Crippen molar-refractivity contribution in [2.45, 2.75) is 25.8 Å². The lowest BCUT2D eigenvalue weighted by atomic mass is 10.0. The van der Waals surface area contributed by atoms with Gasteiger partial charge in [0.2, 0.25) is 0 Å². The molecule has 8 heteroatoms. The molecule has 0 fully saturated rings. The van der Waals surface area contributed by atoms with Gasteiger partial charge in [0, 0.05) is 22.5 Å². The van der Waals surface area contributed by atoms with Crippen LogP contribution in [0.3, 0.4) is 0 Å². The summed E-state index contributed by atoms with van der Waals surface area (Å²) in [6.07, 6.45) is 0.876. The summed E-state index contributed by atoms with van der Waals surface area (Å²) >= 11 is 5.22. The van der Waals surface area contributed by atoms with Crippen molar-refractivity contribution in [1.29, 1.82) is 0 Å². The number of rotatable bonds is 8. The van der Waals surface area contributed by atoms with Crippen LogP contribution in [0.2, 0.25) is 0 Å². The molecule has 1 unspecified atom stereocenters. The zero-order valence-electron chi connectivity index (χ0n) is 19.6. The first-order valence-corrected chi connectivity index (χ1v) is 12.9. The van der Waals surface area contributed by atoms with E-state index in [0.717, 1.165) is 50.8 Å². The predicted octanol–water partition coefficient (Wildman–Crippen LogP) is 7.05. The van der Waals surface area contributed by atoms with Crippen molar-refractivity contribution in [2.24, 2.45) is 4.99 Å². The normalized spacial score (nSPS) is 16.6. The molecule has 35 heavy (non-hydrogen) atoms. The quantitative estimate of drug-likeness (QED) is 0.290. The number of anilines is 1. The van der Waals surface area contributed by atoms with Gasteiger partial charge >= 0.3 is 0 Å². The van der Waals surface area contributed by atoms with E-state index in [1.807, 2.05) is 31.2 Å². The fraction of sp³-hybridized carbons (Fsp3) is 0.259. The Balaban J connectivity index is 0.00000108. The molecule has 0 aromatic heterocycles. The second kappa shape index (κ2) is 12.7. The molecule has 0 aliphatic carbocycles. The van der Waals surface area contributed by atoms with Crippen LogP contribution in [0, 0.1) is 12.7 Å². The number of carbonyl (C=O) groups is 1. The third-order valence-electron chi connectivity index (χ3n) is 5.52. The summed E-state index contributed by atoms with van der Waals surface area (Å²) in [7, 11) is 0. The van der Waals surface area contributed by atoms with Crippen molar-refractivity contribution in [2.75, 3.05) is 24.2 Å². The summed E-state index contributed by atoms with van der Waals surface area (Å²) in [6, 6.07) is 21.3. The van der Waals surface area contributed by atoms with Gasteiger partial charge in [-0.3, -0.25) is 9.79 Å². The van der Waals surface area contributed by atoms with E-state index in [-0.39, 0.29) is 17.8 Å². The lowest BCUT2D eigenvalue weighted by Crippen LogP contribution is -2.26. The number of halogens is 2. The predicted molar refractivity (Wildman–Crippen MR) is 146 cm³/mol. The Bertz CT molecular complexity index is 1160. The maximum atomic E-state index is 13.5. The second-order valence-electron chi connectivity index (χ2n) is 8.35. The topological polar surface area (TPSA) is 70.9 Å². The van der Waals surface area contributed by atoms with Crippen LogP contribution in [0.5, 0.6) is 5.75 Å². The van der Waals surface area contributed by atoms with Crippen molar-refractivity contribution in [3.05, 3.63) is 82.6 Å². The van der Waals surface area contributed by atoms with Gasteiger partial charge in [-0.15, -0.1) is 11.8 Å². The summed E-state index contributed by atoms with van der Waals surface area (Å²) < 4.78 is 20.5. The minimum absolute atomic E-state index is 0.136. The lowest BCUT2D eigenvalue weighted by Gasteiger charge is -2.20. The molecule has 3 aromatic carbocycles. The Morgan fingerprint density at radius 3 is 2.43 bits per heavy atom. The molecular formula is C27H28BrFN2O3S. The SMILES string of the molecule is Cc1ccc(F)cc1NCCC1(C)CSC(COc2ccc(-c3ccc(Br)cc3)cc2)=N1.O=CO. The number of hydrogen-bond donors (Lipinski definition) is 2. The average Bonchev–Trinajstić information content (AvgIpc) is 3.22. The van der Waals surface area contributed by atoms with Crippen LogP contribution in [-0.2, 0) is 4.79 Å². The van der Waals surface area contributed by atoms with Crippen LogP contribution in [0.15, 0.2) is 76.2 Å². The van der Waals surface area contributed by atoms with Crippen molar-refractivity contribution in [3.8, 4) is 16.9 Å². The summed E-state index contributed by atoms with van der Waals surface area (Å²) in [4.78, 5) is 13.3. The minimum atomic E-state index is -0.250. The number of benzene rings is 3. The number of nitrogens with zero attached hydrogens (tertiary/aromatic N) is 1. The second-order valence-corrected chi connectivity index (χ2v) is 10.3. The molecule has 0 bridgehead atoms. The zero-order chi connectivity index (χ0) is 25.3. The molecule has 0 spiro atoms. The molecule has 0 amide bonds. The van der Waals surface area contributed by atoms with Gasteiger partial charge in [-0.25, -0.2) is 4.39 Å². The number of ether oxygens (including phenoxy) is 1. The van der Waals surface area contributed by atoms with Crippen LogP contribution < -0.4 is 10.1 Å². The number of nitrogens with one attached hydrogen (secondary N) is 1. The molecule has 2 N–H and O–H groups in total. The fourth-order valence-corrected chi connectivity index (χ4v) is 4.97. The standard InChI is InChI=1S/C26H26BrFN2OS.CH2O2/c1-18-3-10-22(28)15-24(18)29-14-13-26(2)17-32-25(30-26)16-31-23-11-6-20(7-12-23)19-4-8-21(27)9-5-19;2-1-3/h3-12,15,29H,13-14,16-17H2,1-2H3;1H,(H,2,3). The van der Waals surface area contributed by atoms with E-state index >= 15 is 0 Å². The van der Waals surface area contributed by atoms with Gasteiger partial charge in [-0.1, -0.05) is 46.3 Å². The van der Waals surface area contributed by atoms with E-state index in [0.29, 0.717) is 6.61 Å². The third kappa shape index (κ3) is 8.11. The van der Waals surface area contributed by atoms with Gasteiger partial charge in [0.25, 0.3) is 6.47 Å². The van der Waals surface area contributed by atoms with Crippen molar-refractivity contribution < 1.29 is 19.0 Å². The number of thioether (sulfide) groups is 1. The first-order valence-electron chi connectivity index (χ1n) is 11.1. The lowest BCUT2D eigenvalue weighted by molar-refractivity contribution is -0.122. The Morgan fingerprint density at radius 1 is 1.14 bits per heavy atom. The van der Waals surface area contributed by atoms with Gasteiger partial charge in [-0.05, 0) is 73.4 Å². The number of hydrogen-bond acceptors (Lipinski definition) is 5. The summed E-state index contributed by atoms with van der Waals surface area (Å²) in [5.74, 6) is 1.55. The first kappa shape index (κ1) is 26.8. The van der Waals surface area contributed by atoms with Crippen LogP contribution >= 0.6 is 27.7 Å². The van der Waals surface area contributed by atoms with Crippen molar-refractivity contribution in [3.63, 3.8) is 0 Å². The van der Waals surface area contributed by atoms with Crippen LogP contribution in [-0.4, -0.2) is 41.1 Å². The molecular weight excluding hydrogens is 531 g/mol. The molecule has 4 rings (SSSR count). The zero-order valence-corrected chi connectivity index (χ0v) is 22.0. The largest absolute Gasteiger partial charge is 0.487 e. The number of aryl methyl sites for hydroxylation is 1. The van der Waals surface area contributed by atoms with Crippen LogP contribution in [0.4, 0.5) is 10.1 Å². The highest BCUT2D eigenvalue weighted by Crippen LogP contribution is 2.31. The summed E-state index contributed by atoms with van der Waals surface area (Å²) in [5, 5.41) is 11.3. The molecule has 184 valence electrons. The van der Waals surface area contributed by atoms with E-state index in [4.69, 9.17) is 19.6 Å². The monoisotopic (exact) mass is 558 g/mol. The van der Waals surface area contributed by atoms with Crippen LogP contribution in [0.25, 0.3) is 11.1 Å². The number of aliphatic imine (C=N–C) groups is 1. The Hall–Kier alpha value is -2.84. The Kier molecular flexibility index (Phi) is 9.74. The van der Waals surface area contributed by atoms with Crippen molar-refractivity contribution >= 4 is 44.9 Å². The minimum Gasteiger partial charge on any atom is -0.487 e. The highest BCUT2D eigenvalue weighted by molar-refractivity contribution is 9.10. The summed E-state index contributed by atoms with van der Waals surface area (Å²) in [5.41, 5.74) is 4.09. The van der Waals surface area contributed by atoms with Crippen LogP contribution in [0.1, 0.15) is 18.9 Å². The van der Waals surface area contributed by atoms with Gasteiger partial charge in [0.15, 0.2) is 0 Å². The van der Waals surface area contributed by atoms with Gasteiger partial charge in [0.05, 0.1) is 5.54 Å². The number of carboxylic acid groups (broad SMARTS) is 1. The molecule has 0 saturated heterocycles. The van der Waals surface area contributed by atoms with E-state index in [1.54, 1.807) is 23.9 Å². The van der Waals surface area contributed by atoms with Gasteiger partial charge in [0.1, 0.15) is 23.2 Å². The fourth-order valence-electron chi connectivity index (χ4n) is 3.59. The van der Waals surface area contributed by atoms with E-state index < -0.39 is 0 Å². The summed E-state index contributed by atoms with van der Waals surface area (Å²) in [6.45, 7) is 5.12. The molecule has 3 aromatic rings. The highest BCUT2D eigenvalue weighted by atomic mass is 79.9. The van der Waals surface area contributed by atoms with E-state index in [9.17, 15) is 4.39 Å².